The van der Waals surface area contributed by atoms with E-state index in [2.05, 4.69) is 41.3 Å². The molecular weight excluding hydrogens is 314 g/mol. The Balaban J connectivity index is 1.66. The molecule has 1 aliphatic rings. The molecule has 1 saturated carbocycles. The van der Waals surface area contributed by atoms with E-state index in [4.69, 9.17) is 9.47 Å². The van der Waals surface area contributed by atoms with Crippen LogP contribution in [0.15, 0.2) is 29.3 Å². The van der Waals surface area contributed by atoms with Crippen molar-refractivity contribution >= 4 is 5.96 Å². The molecule has 5 heteroatoms. The second kappa shape index (κ2) is 10.3. The lowest BCUT2D eigenvalue weighted by atomic mass is 9.98. The summed E-state index contributed by atoms with van der Waals surface area (Å²) in [6, 6.07) is 8.32. The summed E-state index contributed by atoms with van der Waals surface area (Å²) in [6.07, 6.45) is 3.73. The van der Waals surface area contributed by atoms with Crippen molar-refractivity contribution in [3.05, 3.63) is 29.8 Å². The van der Waals surface area contributed by atoms with Crippen LogP contribution in [0.5, 0.6) is 5.75 Å². The van der Waals surface area contributed by atoms with Crippen molar-refractivity contribution < 1.29 is 9.47 Å². The van der Waals surface area contributed by atoms with Gasteiger partial charge in [0.05, 0.1) is 13.7 Å². The first-order valence-corrected chi connectivity index (χ1v) is 9.27. The van der Waals surface area contributed by atoms with Crippen LogP contribution in [-0.4, -0.2) is 58.4 Å². The number of ether oxygens (including phenoxy) is 2. The molecule has 1 atom stereocenters. The third-order valence-corrected chi connectivity index (χ3v) is 4.74. The first-order valence-electron chi connectivity index (χ1n) is 9.27. The molecule has 1 aliphatic carbocycles. The maximum atomic E-state index is 5.71. The van der Waals surface area contributed by atoms with Gasteiger partial charge >= 0.3 is 0 Å². The average molecular weight is 348 g/mol. The average Bonchev–Trinajstić information content (AvgIpc) is 3.46. The summed E-state index contributed by atoms with van der Waals surface area (Å²) in [4.78, 5) is 6.50. The zero-order chi connectivity index (χ0) is 18.1. The van der Waals surface area contributed by atoms with Gasteiger partial charge in [0.25, 0.3) is 0 Å². The van der Waals surface area contributed by atoms with Crippen LogP contribution in [0.3, 0.4) is 0 Å². The number of hydrogen-bond acceptors (Lipinski definition) is 3. The van der Waals surface area contributed by atoms with Crippen LogP contribution in [0.1, 0.15) is 37.7 Å². The van der Waals surface area contributed by atoms with Crippen LogP contribution >= 0.6 is 0 Å². The molecule has 0 spiro atoms. The summed E-state index contributed by atoms with van der Waals surface area (Å²) in [5.74, 6) is 3.14. The Bertz CT molecular complexity index is 526. The maximum absolute atomic E-state index is 5.71. The molecule has 1 aromatic rings. The molecular formula is C20H33N3O2. The molecule has 1 unspecified atom stereocenters. The van der Waals surface area contributed by atoms with E-state index in [-0.39, 0.29) is 0 Å². The van der Waals surface area contributed by atoms with Crippen molar-refractivity contribution in [1.82, 2.24) is 10.2 Å². The Morgan fingerprint density at radius 3 is 2.64 bits per heavy atom. The fourth-order valence-electron chi connectivity index (χ4n) is 2.73. The molecule has 25 heavy (non-hydrogen) atoms. The van der Waals surface area contributed by atoms with Gasteiger partial charge in [-0.15, -0.1) is 0 Å². The van der Waals surface area contributed by atoms with E-state index in [1.54, 1.807) is 7.11 Å². The van der Waals surface area contributed by atoms with Crippen molar-refractivity contribution in [2.75, 3.05) is 47.5 Å². The lowest BCUT2D eigenvalue weighted by Gasteiger charge is -2.23. The minimum atomic E-state index is 0.490. The van der Waals surface area contributed by atoms with Gasteiger partial charge in [0, 0.05) is 33.8 Å². The summed E-state index contributed by atoms with van der Waals surface area (Å²) in [5, 5.41) is 3.45. The van der Waals surface area contributed by atoms with Crippen molar-refractivity contribution in [2.24, 2.45) is 10.9 Å². The Labute approximate surface area is 152 Å². The largest absolute Gasteiger partial charge is 0.497 e. The zero-order valence-corrected chi connectivity index (χ0v) is 16.1. The highest BCUT2D eigenvalue weighted by Gasteiger charge is 2.21. The number of rotatable bonds is 10. The number of benzene rings is 1. The van der Waals surface area contributed by atoms with Gasteiger partial charge in [-0.25, -0.2) is 0 Å². The quantitative estimate of drug-likeness (QED) is 0.401. The molecule has 0 amide bonds. The van der Waals surface area contributed by atoms with E-state index in [0.717, 1.165) is 50.4 Å². The summed E-state index contributed by atoms with van der Waals surface area (Å²) in [5.41, 5.74) is 1.33. The summed E-state index contributed by atoms with van der Waals surface area (Å²) >= 11 is 0. The summed E-state index contributed by atoms with van der Waals surface area (Å²) in [7, 11) is 5.58. The second-order valence-corrected chi connectivity index (χ2v) is 6.88. The third kappa shape index (κ3) is 6.94. The fraction of sp³-hybridized carbons (Fsp3) is 0.650. The maximum Gasteiger partial charge on any atom is 0.193 e. The zero-order valence-electron chi connectivity index (χ0n) is 16.1. The van der Waals surface area contributed by atoms with E-state index in [9.17, 15) is 0 Å². The topological polar surface area (TPSA) is 46.1 Å². The molecule has 0 aliphatic heterocycles. The van der Waals surface area contributed by atoms with Crippen LogP contribution in [0, 0.1) is 5.92 Å². The molecule has 1 aromatic carbocycles. The van der Waals surface area contributed by atoms with E-state index in [1.807, 2.05) is 19.2 Å². The van der Waals surface area contributed by atoms with Crippen LogP contribution in [0.2, 0.25) is 0 Å². The number of likely N-dealkylation sites (N-methyl/N-ethyl adjacent to an activating group) is 1. The van der Waals surface area contributed by atoms with Crippen molar-refractivity contribution in [1.29, 1.82) is 0 Å². The van der Waals surface area contributed by atoms with Gasteiger partial charge in [0.1, 0.15) is 5.75 Å². The first-order chi connectivity index (χ1) is 12.1. The highest BCUT2D eigenvalue weighted by Crippen LogP contribution is 2.28. The van der Waals surface area contributed by atoms with Gasteiger partial charge in [-0.2, -0.15) is 0 Å². The van der Waals surface area contributed by atoms with Crippen LogP contribution in [0.4, 0.5) is 0 Å². The number of aliphatic imine (C=N–C) groups is 1. The highest BCUT2D eigenvalue weighted by molar-refractivity contribution is 5.79. The molecule has 1 fully saturated rings. The van der Waals surface area contributed by atoms with Gasteiger partial charge in [-0.1, -0.05) is 19.1 Å². The van der Waals surface area contributed by atoms with Crippen molar-refractivity contribution in [3.63, 3.8) is 0 Å². The highest BCUT2D eigenvalue weighted by atomic mass is 16.5. The fourth-order valence-corrected chi connectivity index (χ4v) is 2.73. The van der Waals surface area contributed by atoms with Crippen LogP contribution in [-0.2, 0) is 4.74 Å². The minimum absolute atomic E-state index is 0.490. The number of methoxy groups -OCH3 is 1. The van der Waals surface area contributed by atoms with Crippen molar-refractivity contribution in [2.45, 2.75) is 32.1 Å². The lowest BCUT2D eigenvalue weighted by Crippen LogP contribution is -2.41. The predicted octanol–water partition coefficient (Wildman–Crippen LogP) is 3.12. The minimum Gasteiger partial charge on any atom is -0.497 e. The lowest BCUT2D eigenvalue weighted by molar-refractivity contribution is 0.115. The van der Waals surface area contributed by atoms with Crippen LogP contribution in [0.25, 0.3) is 0 Å². The Kier molecular flexibility index (Phi) is 8.06. The standard InChI is InChI=1S/C20H33N3O2/c1-16(18-7-9-19(24-4)10-8-18)11-12-22-20(21-2)23(3)13-14-25-15-17-5-6-17/h7-10,16-17H,5-6,11-15H2,1-4H3,(H,21,22). The van der Waals surface area contributed by atoms with Gasteiger partial charge in [-0.05, 0) is 48.8 Å². The smallest absolute Gasteiger partial charge is 0.193 e. The van der Waals surface area contributed by atoms with E-state index in [1.165, 1.54) is 18.4 Å². The SMILES string of the molecule is CN=C(NCCC(C)c1ccc(OC)cc1)N(C)CCOCC1CC1. The summed E-state index contributed by atoms with van der Waals surface area (Å²) in [6.45, 7) is 5.68. The molecule has 0 bridgehead atoms. The number of guanidine groups is 1. The molecule has 0 aromatic heterocycles. The molecule has 5 nitrogen and oxygen atoms in total. The molecule has 0 heterocycles. The Morgan fingerprint density at radius 2 is 2.04 bits per heavy atom. The Hall–Kier alpha value is -1.75. The molecule has 140 valence electrons. The number of nitrogens with zero attached hydrogens (tertiary/aromatic N) is 2. The number of nitrogens with one attached hydrogen (secondary N) is 1. The normalized spacial score (nSPS) is 15.8. The first kappa shape index (κ1) is 19.6. The molecule has 0 radical (unpaired) electrons. The Morgan fingerprint density at radius 1 is 1.32 bits per heavy atom. The summed E-state index contributed by atoms with van der Waals surface area (Å²) < 4.78 is 10.9. The van der Waals surface area contributed by atoms with Gasteiger partial charge < -0.3 is 19.7 Å². The molecule has 2 rings (SSSR count). The van der Waals surface area contributed by atoms with Gasteiger partial charge in [0.2, 0.25) is 0 Å². The third-order valence-electron chi connectivity index (χ3n) is 4.74. The monoisotopic (exact) mass is 347 g/mol. The van der Waals surface area contributed by atoms with Crippen LogP contribution < -0.4 is 10.1 Å². The van der Waals surface area contributed by atoms with E-state index in [0.29, 0.717) is 5.92 Å². The van der Waals surface area contributed by atoms with Crippen molar-refractivity contribution in [3.8, 4) is 5.75 Å². The molecule has 0 saturated heterocycles. The second-order valence-electron chi connectivity index (χ2n) is 6.88. The van der Waals surface area contributed by atoms with E-state index < -0.39 is 0 Å². The number of hydrogen-bond donors (Lipinski definition) is 1. The van der Waals surface area contributed by atoms with E-state index >= 15 is 0 Å². The van der Waals surface area contributed by atoms with Gasteiger partial charge in [0.15, 0.2) is 5.96 Å². The van der Waals surface area contributed by atoms with Gasteiger partial charge in [-0.3, -0.25) is 4.99 Å². The predicted molar refractivity (Wildman–Crippen MR) is 104 cm³/mol. The molecule has 1 N–H and O–H groups in total.